The fourth-order valence-electron chi connectivity index (χ4n) is 2.40. The van der Waals surface area contributed by atoms with Crippen molar-refractivity contribution < 1.29 is 14.3 Å². The zero-order chi connectivity index (χ0) is 17.3. The first-order valence-electron chi connectivity index (χ1n) is 7.13. The lowest BCUT2D eigenvalue weighted by molar-refractivity contribution is 0.103. The average Bonchev–Trinajstić information content (AvgIpc) is 2.87. The van der Waals surface area contributed by atoms with Gasteiger partial charge in [0.05, 0.1) is 5.69 Å². The second kappa shape index (κ2) is 6.04. The van der Waals surface area contributed by atoms with Crippen LogP contribution in [-0.2, 0) is 6.42 Å². The molecule has 0 saturated carbocycles. The molecule has 3 rings (SSSR count). The second-order valence-electron chi connectivity index (χ2n) is 5.33. The number of hydrogen-bond donors (Lipinski definition) is 4. The number of carbonyl (C=O) groups excluding carboxylic acids is 1. The number of benzene rings is 2. The molecule has 0 unspecified atom stereocenters. The van der Waals surface area contributed by atoms with Gasteiger partial charge in [0, 0.05) is 23.2 Å². The van der Waals surface area contributed by atoms with Crippen LogP contribution in [0.25, 0.3) is 0 Å². The number of nitrogens with two attached hydrogens (primary N) is 1. The minimum atomic E-state index is -0.528. The molecule has 0 fully saturated rings. The maximum absolute atomic E-state index is 13.0. The first kappa shape index (κ1) is 15.5. The second-order valence-corrected chi connectivity index (χ2v) is 5.33. The van der Waals surface area contributed by atoms with Crippen LogP contribution in [0.4, 0.5) is 10.1 Å². The Morgan fingerprint density at radius 1 is 1.08 bits per heavy atom. The Labute approximate surface area is 135 Å². The summed E-state index contributed by atoms with van der Waals surface area (Å²) in [5.41, 5.74) is 7.39. The largest absolute Gasteiger partial charge is 0.493 e. The number of halogens is 1. The summed E-state index contributed by atoms with van der Waals surface area (Å²) in [5.74, 6) is -0.964. The van der Waals surface area contributed by atoms with Gasteiger partial charge >= 0.3 is 5.69 Å². The van der Waals surface area contributed by atoms with Crippen LogP contribution in [0.2, 0.25) is 0 Å². The molecule has 2 aromatic carbocycles. The van der Waals surface area contributed by atoms with Crippen LogP contribution in [0.1, 0.15) is 27.2 Å². The van der Waals surface area contributed by atoms with Crippen molar-refractivity contribution in [2.24, 2.45) is 0 Å². The van der Waals surface area contributed by atoms with E-state index in [1.807, 2.05) is 0 Å². The Kier molecular flexibility index (Phi) is 3.91. The monoisotopic (exact) mass is 327 g/mol. The Morgan fingerprint density at radius 3 is 2.38 bits per heavy atom. The molecule has 5 N–H and O–H groups in total. The van der Waals surface area contributed by atoms with Gasteiger partial charge in [-0.2, -0.15) is 0 Å². The summed E-state index contributed by atoms with van der Waals surface area (Å²) in [4.78, 5) is 28.3. The highest BCUT2D eigenvalue weighted by Crippen LogP contribution is 2.22. The van der Waals surface area contributed by atoms with E-state index in [2.05, 4.69) is 9.97 Å². The maximum atomic E-state index is 13.0. The van der Waals surface area contributed by atoms with Crippen molar-refractivity contribution in [2.75, 3.05) is 5.73 Å². The van der Waals surface area contributed by atoms with Crippen molar-refractivity contribution >= 4 is 11.5 Å². The van der Waals surface area contributed by atoms with E-state index < -0.39 is 11.5 Å². The van der Waals surface area contributed by atoms with E-state index in [9.17, 15) is 19.1 Å². The zero-order valence-corrected chi connectivity index (χ0v) is 12.5. The predicted octanol–water partition coefficient (Wildman–Crippen LogP) is 1.95. The van der Waals surface area contributed by atoms with E-state index in [1.54, 1.807) is 18.2 Å². The Hall–Kier alpha value is -3.35. The fourth-order valence-corrected chi connectivity index (χ4v) is 2.40. The number of imidazole rings is 1. The lowest BCUT2D eigenvalue weighted by Crippen LogP contribution is -2.05. The Morgan fingerprint density at radius 2 is 1.75 bits per heavy atom. The average molecular weight is 327 g/mol. The molecule has 122 valence electrons. The quantitative estimate of drug-likeness (QED) is 0.433. The molecular weight excluding hydrogens is 313 g/mol. The van der Waals surface area contributed by atoms with Crippen LogP contribution in [-0.4, -0.2) is 20.9 Å². The van der Waals surface area contributed by atoms with E-state index in [0.717, 1.165) is 0 Å². The summed E-state index contributed by atoms with van der Waals surface area (Å²) in [6.07, 6.45) is 0.154. The molecular formula is C17H14FN3O3. The van der Waals surface area contributed by atoms with E-state index in [4.69, 9.17) is 5.73 Å². The molecule has 0 spiro atoms. The number of nitrogen functional groups attached to an aromatic ring is 1. The SMILES string of the molecule is Nc1ccc(C(=O)c2ccc(F)cc2)cc1Cc1[nH]c(=O)[nH]c1O. The first-order valence-corrected chi connectivity index (χ1v) is 7.13. The van der Waals surface area contributed by atoms with Crippen LogP contribution in [0.5, 0.6) is 5.88 Å². The number of ketones is 1. The van der Waals surface area contributed by atoms with Gasteiger partial charge in [0.15, 0.2) is 5.78 Å². The van der Waals surface area contributed by atoms with Crippen molar-refractivity contribution in [1.29, 1.82) is 0 Å². The summed E-state index contributed by atoms with van der Waals surface area (Å²) in [6, 6.07) is 9.98. The third kappa shape index (κ3) is 3.05. The number of aromatic nitrogens is 2. The Balaban J connectivity index is 1.93. The summed E-state index contributed by atoms with van der Waals surface area (Å²) in [6.45, 7) is 0. The predicted molar refractivity (Wildman–Crippen MR) is 86.6 cm³/mol. The number of hydrogen-bond acceptors (Lipinski definition) is 4. The molecule has 24 heavy (non-hydrogen) atoms. The smallest absolute Gasteiger partial charge is 0.325 e. The number of carbonyl (C=O) groups is 1. The minimum absolute atomic E-state index is 0.154. The summed E-state index contributed by atoms with van der Waals surface area (Å²) in [7, 11) is 0. The molecule has 0 aliphatic rings. The molecule has 0 aliphatic carbocycles. The van der Waals surface area contributed by atoms with Gasteiger partial charge in [-0.05, 0) is 48.0 Å². The molecule has 0 atom stereocenters. The van der Waals surface area contributed by atoms with E-state index in [1.165, 1.54) is 24.3 Å². The third-order valence-electron chi connectivity index (χ3n) is 3.66. The number of aromatic hydroxyl groups is 1. The van der Waals surface area contributed by atoms with Crippen molar-refractivity contribution in [3.63, 3.8) is 0 Å². The topological polar surface area (TPSA) is 112 Å². The van der Waals surface area contributed by atoms with E-state index >= 15 is 0 Å². The molecule has 3 aromatic rings. The van der Waals surface area contributed by atoms with Crippen molar-refractivity contribution in [1.82, 2.24) is 9.97 Å². The van der Waals surface area contributed by atoms with Crippen molar-refractivity contribution in [2.45, 2.75) is 6.42 Å². The molecule has 1 heterocycles. The van der Waals surface area contributed by atoms with E-state index in [-0.39, 0.29) is 23.8 Å². The van der Waals surface area contributed by atoms with Crippen LogP contribution >= 0.6 is 0 Å². The van der Waals surface area contributed by atoms with E-state index in [0.29, 0.717) is 22.4 Å². The van der Waals surface area contributed by atoms with Gasteiger partial charge in [-0.15, -0.1) is 0 Å². The third-order valence-corrected chi connectivity index (χ3v) is 3.66. The molecule has 7 heteroatoms. The van der Waals surface area contributed by atoms with Gasteiger partial charge in [0.2, 0.25) is 5.88 Å². The minimum Gasteiger partial charge on any atom is -0.493 e. The number of nitrogens with one attached hydrogen (secondary N) is 2. The van der Waals surface area contributed by atoms with Gasteiger partial charge in [-0.1, -0.05) is 0 Å². The fraction of sp³-hybridized carbons (Fsp3) is 0.0588. The number of anilines is 1. The molecule has 6 nitrogen and oxygen atoms in total. The van der Waals surface area contributed by atoms with Gasteiger partial charge in [-0.25, -0.2) is 9.18 Å². The van der Waals surface area contributed by atoms with Crippen LogP contribution in [0.15, 0.2) is 47.3 Å². The van der Waals surface area contributed by atoms with Gasteiger partial charge in [-0.3, -0.25) is 9.78 Å². The Bertz CT molecular complexity index is 958. The van der Waals surface area contributed by atoms with Crippen molar-refractivity contribution in [3.05, 3.63) is 81.2 Å². The molecule has 0 bridgehead atoms. The molecule has 0 aliphatic heterocycles. The highest BCUT2D eigenvalue weighted by atomic mass is 19.1. The van der Waals surface area contributed by atoms with Crippen LogP contribution < -0.4 is 11.4 Å². The maximum Gasteiger partial charge on any atom is 0.325 e. The summed E-state index contributed by atoms with van der Waals surface area (Å²) < 4.78 is 13.0. The standard InChI is InChI=1S/C17H14FN3O3/c18-12-4-1-9(2-5-12)15(22)10-3-6-13(19)11(7-10)8-14-16(23)21-17(24)20-14/h1-7,23H,8,19H2,(H2,20,21,24). The van der Waals surface area contributed by atoms with Gasteiger partial charge in [0.25, 0.3) is 0 Å². The zero-order valence-electron chi connectivity index (χ0n) is 12.5. The molecule has 0 radical (unpaired) electrons. The molecule has 0 amide bonds. The normalized spacial score (nSPS) is 10.7. The summed E-state index contributed by atoms with van der Waals surface area (Å²) in [5, 5.41) is 9.64. The summed E-state index contributed by atoms with van der Waals surface area (Å²) >= 11 is 0. The van der Waals surface area contributed by atoms with Crippen molar-refractivity contribution in [3.8, 4) is 5.88 Å². The van der Waals surface area contributed by atoms with Crippen LogP contribution in [0.3, 0.4) is 0 Å². The lowest BCUT2D eigenvalue weighted by Gasteiger charge is -2.08. The highest BCUT2D eigenvalue weighted by molar-refractivity contribution is 6.09. The first-order chi connectivity index (χ1) is 11.4. The number of rotatable bonds is 4. The highest BCUT2D eigenvalue weighted by Gasteiger charge is 2.14. The lowest BCUT2D eigenvalue weighted by atomic mass is 9.98. The van der Waals surface area contributed by atoms with Gasteiger partial charge in [0.1, 0.15) is 5.82 Å². The number of aromatic amines is 2. The molecule has 1 aromatic heterocycles. The van der Waals surface area contributed by atoms with Crippen LogP contribution in [0, 0.1) is 5.82 Å². The molecule has 0 saturated heterocycles. The van der Waals surface area contributed by atoms with Gasteiger partial charge < -0.3 is 15.8 Å². The number of H-pyrrole nitrogens is 2.